The molecule has 1 saturated heterocycles. The Morgan fingerprint density at radius 1 is 1.53 bits per heavy atom. The van der Waals surface area contributed by atoms with Crippen LogP contribution < -0.4 is 11.3 Å². The lowest BCUT2D eigenvalue weighted by Gasteiger charge is -2.35. The van der Waals surface area contributed by atoms with Crippen molar-refractivity contribution in [3.05, 3.63) is 23.9 Å². The standard InChI is InChI=1S/C12H20N4O/c1-12(17)3-6-16(7-4-12)9-10-2-5-14-11(8-10)15-13/h2,5,8,17H,3-4,6-7,9,13H2,1H3,(H,14,15). The van der Waals surface area contributed by atoms with Crippen LogP contribution in [0.3, 0.4) is 0 Å². The van der Waals surface area contributed by atoms with E-state index in [4.69, 9.17) is 5.84 Å². The predicted molar refractivity (Wildman–Crippen MR) is 67.2 cm³/mol. The van der Waals surface area contributed by atoms with E-state index in [9.17, 15) is 5.11 Å². The monoisotopic (exact) mass is 236 g/mol. The molecule has 1 aromatic rings. The zero-order valence-electron chi connectivity index (χ0n) is 10.2. The van der Waals surface area contributed by atoms with Crippen molar-refractivity contribution in [2.75, 3.05) is 18.5 Å². The zero-order chi connectivity index (χ0) is 12.3. The molecule has 0 spiro atoms. The number of piperidine rings is 1. The lowest BCUT2D eigenvalue weighted by atomic mass is 9.93. The number of hydrogen-bond donors (Lipinski definition) is 3. The number of likely N-dealkylation sites (tertiary alicyclic amines) is 1. The number of hydrogen-bond acceptors (Lipinski definition) is 5. The molecule has 5 heteroatoms. The normalized spacial score (nSPS) is 20.2. The first-order valence-corrected chi connectivity index (χ1v) is 5.95. The number of aromatic nitrogens is 1. The van der Waals surface area contributed by atoms with Crippen LogP contribution in [0.15, 0.2) is 18.3 Å². The summed E-state index contributed by atoms with van der Waals surface area (Å²) in [5.74, 6) is 6.01. The molecule has 1 aliphatic rings. The molecule has 0 bridgehead atoms. The molecular weight excluding hydrogens is 216 g/mol. The second kappa shape index (κ2) is 5.00. The summed E-state index contributed by atoms with van der Waals surface area (Å²) < 4.78 is 0. The van der Waals surface area contributed by atoms with Gasteiger partial charge in [0.1, 0.15) is 5.82 Å². The summed E-state index contributed by atoms with van der Waals surface area (Å²) in [5, 5.41) is 9.88. The van der Waals surface area contributed by atoms with Crippen LogP contribution in [0.4, 0.5) is 5.82 Å². The molecule has 5 nitrogen and oxygen atoms in total. The van der Waals surface area contributed by atoms with E-state index in [1.807, 2.05) is 19.1 Å². The molecule has 0 aromatic carbocycles. The Kier molecular flexibility index (Phi) is 3.61. The molecule has 0 unspecified atom stereocenters. The van der Waals surface area contributed by atoms with Crippen LogP contribution in [-0.4, -0.2) is 33.7 Å². The van der Waals surface area contributed by atoms with E-state index in [0.717, 1.165) is 32.5 Å². The molecule has 0 radical (unpaired) electrons. The van der Waals surface area contributed by atoms with Gasteiger partial charge in [-0.25, -0.2) is 10.8 Å². The average molecular weight is 236 g/mol. The van der Waals surface area contributed by atoms with Crippen LogP contribution in [0, 0.1) is 0 Å². The molecule has 4 N–H and O–H groups in total. The molecule has 17 heavy (non-hydrogen) atoms. The van der Waals surface area contributed by atoms with Crippen LogP contribution in [0.25, 0.3) is 0 Å². The highest BCUT2D eigenvalue weighted by Gasteiger charge is 2.27. The smallest absolute Gasteiger partial charge is 0.140 e. The summed E-state index contributed by atoms with van der Waals surface area (Å²) in [6.07, 6.45) is 3.42. The fraction of sp³-hybridized carbons (Fsp3) is 0.583. The van der Waals surface area contributed by atoms with E-state index in [0.29, 0.717) is 5.82 Å². The number of anilines is 1. The van der Waals surface area contributed by atoms with Gasteiger partial charge in [0.2, 0.25) is 0 Å². The molecule has 94 valence electrons. The first-order chi connectivity index (χ1) is 8.09. The van der Waals surface area contributed by atoms with E-state index < -0.39 is 5.60 Å². The number of aliphatic hydroxyl groups is 1. The third kappa shape index (κ3) is 3.39. The van der Waals surface area contributed by atoms with E-state index in [1.54, 1.807) is 6.20 Å². The molecule has 1 aromatic heterocycles. The highest BCUT2D eigenvalue weighted by Crippen LogP contribution is 2.22. The molecular formula is C12H20N4O. The topological polar surface area (TPSA) is 74.4 Å². The predicted octanol–water partition coefficient (Wildman–Crippen LogP) is 0.714. The summed E-state index contributed by atoms with van der Waals surface area (Å²) >= 11 is 0. The number of nitrogens with one attached hydrogen (secondary N) is 1. The third-order valence-electron chi connectivity index (χ3n) is 3.31. The lowest BCUT2D eigenvalue weighted by Crippen LogP contribution is -2.41. The Morgan fingerprint density at radius 3 is 2.88 bits per heavy atom. The van der Waals surface area contributed by atoms with E-state index in [2.05, 4.69) is 15.3 Å². The number of pyridine rings is 1. The number of nitrogens with zero attached hydrogens (tertiary/aromatic N) is 2. The van der Waals surface area contributed by atoms with Gasteiger partial charge in [0.05, 0.1) is 5.60 Å². The average Bonchev–Trinajstić information content (AvgIpc) is 2.32. The SMILES string of the molecule is CC1(O)CCN(Cc2ccnc(NN)c2)CC1. The second-order valence-electron chi connectivity index (χ2n) is 4.97. The number of nitrogen functional groups attached to an aromatic ring is 1. The van der Waals surface area contributed by atoms with Gasteiger partial charge in [0, 0.05) is 25.8 Å². The van der Waals surface area contributed by atoms with Crippen LogP contribution in [0.5, 0.6) is 0 Å². The summed E-state index contributed by atoms with van der Waals surface area (Å²) in [4.78, 5) is 6.42. The summed E-state index contributed by atoms with van der Waals surface area (Å²) in [6, 6.07) is 3.94. The highest BCUT2D eigenvalue weighted by molar-refractivity contribution is 5.35. The van der Waals surface area contributed by atoms with Gasteiger partial charge in [-0.1, -0.05) is 0 Å². The van der Waals surface area contributed by atoms with Crippen LogP contribution >= 0.6 is 0 Å². The Labute approximate surface area is 102 Å². The largest absolute Gasteiger partial charge is 0.390 e. The fourth-order valence-corrected chi connectivity index (χ4v) is 2.10. The molecule has 0 amide bonds. The first kappa shape index (κ1) is 12.3. The van der Waals surface area contributed by atoms with Crippen LogP contribution in [-0.2, 0) is 6.54 Å². The first-order valence-electron chi connectivity index (χ1n) is 5.95. The summed E-state index contributed by atoms with van der Waals surface area (Å²) in [5.41, 5.74) is 3.25. The minimum Gasteiger partial charge on any atom is -0.390 e. The third-order valence-corrected chi connectivity index (χ3v) is 3.31. The van der Waals surface area contributed by atoms with E-state index in [-0.39, 0.29) is 0 Å². The van der Waals surface area contributed by atoms with Crippen LogP contribution in [0.2, 0.25) is 0 Å². The van der Waals surface area contributed by atoms with Crippen molar-refractivity contribution in [1.29, 1.82) is 0 Å². The van der Waals surface area contributed by atoms with Gasteiger partial charge < -0.3 is 10.5 Å². The molecule has 0 saturated carbocycles. The van der Waals surface area contributed by atoms with Crippen molar-refractivity contribution < 1.29 is 5.11 Å². The Balaban J connectivity index is 1.93. The molecule has 0 aliphatic carbocycles. The molecule has 0 atom stereocenters. The number of hydrazine groups is 1. The van der Waals surface area contributed by atoms with Gasteiger partial charge in [-0.3, -0.25) is 4.90 Å². The maximum absolute atomic E-state index is 9.88. The molecule has 2 rings (SSSR count). The molecule has 1 aliphatic heterocycles. The van der Waals surface area contributed by atoms with Crippen molar-refractivity contribution >= 4 is 5.82 Å². The summed E-state index contributed by atoms with van der Waals surface area (Å²) in [6.45, 7) is 4.65. The van der Waals surface area contributed by atoms with Gasteiger partial charge >= 0.3 is 0 Å². The second-order valence-corrected chi connectivity index (χ2v) is 4.97. The minimum atomic E-state index is -0.487. The Bertz CT molecular complexity index is 371. The quantitative estimate of drug-likeness (QED) is 0.532. The lowest BCUT2D eigenvalue weighted by molar-refractivity contribution is -0.00730. The zero-order valence-corrected chi connectivity index (χ0v) is 10.2. The van der Waals surface area contributed by atoms with Gasteiger partial charge in [-0.2, -0.15) is 0 Å². The van der Waals surface area contributed by atoms with Crippen molar-refractivity contribution in [3.8, 4) is 0 Å². The van der Waals surface area contributed by atoms with Gasteiger partial charge in [-0.15, -0.1) is 0 Å². The van der Waals surface area contributed by atoms with Gasteiger partial charge in [-0.05, 0) is 37.5 Å². The van der Waals surface area contributed by atoms with Gasteiger partial charge in [0.15, 0.2) is 0 Å². The van der Waals surface area contributed by atoms with Crippen molar-refractivity contribution in [2.45, 2.75) is 31.9 Å². The Morgan fingerprint density at radius 2 is 2.24 bits per heavy atom. The molecule has 1 fully saturated rings. The summed E-state index contributed by atoms with van der Waals surface area (Å²) in [7, 11) is 0. The van der Waals surface area contributed by atoms with Crippen LogP contribution in [0.1, 0.15) is 25.3 Å². The van der Waals surface area contributed by atoms with Gasteiger partial charge in [0.25, 0.3) is 0 Å². The van der Waals surface area contributed by atoms with Crippen molar-refractivity contribution in [2.24, 2.45) is 5.84 Å². The van der Waals surface area contributed by atoms with Crippen molar-refractivity contribution in [3.63, 3.8) is 0 Å². The maximum Gasteiger partial charge on any atom is 0.140 e. The number of rotatable bonds is 3. The van der Waals surface area contributed by atoms with E-state index in [1.165, 1.54) is 5.56 Å². The maximum atomic E-state index is 9.88. The molecule has 2 heterocycles. The fourth-order valence-electron chi connectivity index (χ4n) is 2.10. The van der Waals surface area contributed by atoms with E-state index >= 15 is 0 Å². The van der Waals surface area contributed by atoms with Crippen molar-refractivity contribution in [1.82, 2.24) is 9.88 Å². The minimum absolute atomic E-state index is 0.487. The number of nitrogens with two attached hydrogens (primary N) is 1. The highest BCUT2D eigenvalue weighted by atomic mass is 16.3. The Hall–Kier alpha value is -1.17.